The Balaban J connectivity index is 3.40. The molecule has 2 nitrogen and oxygen atoms in total. The zero-order valence-corrected chi connectivity index (χ0v) is 10.7. The molecule has 0 N–H and O–H groups in total. The van der Waals surface area contributed by atoms with Gasteiger partial charge in [0, 0.05) is 6.42 Å². The molecule has 0 aliphatic carbocycles. The van der Waals surface area contributed by atoms with Crippen LogP contribution in [0.4, 0.5) is 0 Å². The van der Waals surface area contributed by atoms with Crippen LogP contribution >= 0.6 is 0 Å². The van der Waals surface area contributed by atoms with Crippen molar-refractivity contribution in [3.8, 4) is 0 Å². The predicted molar refractivity (Wildman–Crippen MR) is 63.7 cm³/mol. The van der Waals surface area contributed by atoms with Gasteiger partial charge in [-0.05, 0) is 25.2 Å². The molecule has 0 unspecified atom stereocenters. The van der Waals surface area contributed by atoms with E-state index in [9.17, 15) is 4.79 Å². The minimum absolute atomic E-state index is 0.0480. The van der Waals surface area contributed by atoms with Gasteiger partial charge in [-0.25, -0.2) is 0 Å². The Hall–Kier alpha value is -0.530. The summed E-state index contributed by atoms with van der Waals surface area (Å²) in [5, 5.41) is 0. The van der Waals surface area contributed by atoms with Gasteiger partial charge in [0.2, 0.25) is 0 Å². The standard InChI is InChI=1S/C13H26O2/c1-5-15-13(14)10-9-12(4)8-6-7-11(2)3/h11-12H,5-10H2,1-4H3/t12-/m0/s1. The predicted octanol–water partition coefficient (Wildman–Crippen LogP) is 3.79. The normalized spacial score (nSPS) is 12.9. The fourth-order valence-electron chi connectivity index (χ4n) is 1.62. The van der Waals surface area contributed by atoms with Crippen molar-refractivity contribution in [2.24, 2.45) is 11.8 Å². The third-order valence-corrected chi connectivity index (χ3v) is 2.62. The maximum atomic E-state index is 11.1. The second kappa shape index (κ2) is 8.75. The molecule has 0 aliphatic rings. The van der Waals surface area contributed by atoms with Crippen molar-refractivity contribution < 1.29 is 9.53 Å². The molecule has 15 heavy (non-hydrogen) atoms. The number of hydrogen-bond acceptors (Lipinski definition) is 2. The Morgan fingerprint density at radius 3 is 2.33 bits per heavy atom. The molecule has 0 aromatic carbocycles. The summed E-state index contributed by atoms with van der Waals surface area (Å²) in [6, 6.07) is 0. The highest BCUT2D eigenvalue weighted by Crippen LogP contribution is 2.16. The lowest BCUT2D eigenvalue weighted by Crippen LogP contribution is -2.06. The molecule has 90 valence electrons. The maximum Gasteiger partial charge on any atom is 0.305 e. The largest absolute Gasteiger partial charge is 0.466 e. The molecule has 0 bridgehead atoms. The highest BCUT2D eigenvalue weighted by Gasteiger charge is 2.07. The van der Waals surface area contributed by atoms with Gasteiger partial charge in [0.1, 0.15) is 0 Å². The van der Waals surface area contributed by atoms with Crippen molar-refractivity contribution in [1.82, 2.24) is 0 Å². The molecular formula is C13H26O2. The first-order chi connectivity index (χ1) is 7.06. The lowest BCUT2D eigenvalue weighted by atomic mass is 9.96. The third kappa shape index (κ3) is 9.77. The van der Waals surface area contributed by atoms with Gasteiger partial charge in [-0.1, -0.05) is 40.0 Å². The first-order valence-electron chi connectivity index (χ1n) is 6.21. The second-order valence-corrected chi connectivity index (χ2v) is 4.77. The Labute approximate surface area is 94.4 Å². The summed E-state index contributed by atoms with van der Waals surface area (Å²) < 4.78 is 4.90. The second-order valence-electron chi connectivity index (χ2n) is 4.77. The van der Waals surface area contributed by atoms with Crippen LogP contribution in [0.1, 0.15) is 59.8 Å². The molecule has 0 aliphatic heterocycles. The van der Waals surface area contributed by atoms with E-state index in [1.807, 2.05) is 6.92 Å². The molecule has 0 aromatic heterocycles. The maximum absolute atomic E-state index is 11.1. The Morgan fingerprint density at radius 2 is 1.80 bits per heavy atom. The van der Waals surface area contributed by atoms with Gasteiger partial charge in [-0.15, -0.1) is 0 Å². The number of hydrogen-bond donors (Lipinski definition) is 0. The van der Waals surface area contributed by atoms with Crippen LogP contribution in [0.2, 0.25) is 0 Å². The molecule has 0 fully saturated rings. The van der Waals surface area contributed by atoms with Gasteiger partial charge >= 0.3 is 5.97 Å². The summed E-state index contributed by atoms with van der Waals surface area (Å²) in [6.45, 7) is 9.08. The van der Waals surface area contributed by atoms with Crippen LogP contribution in [-0.2, 0) is 9.53 Å². The van der Waals surface area contributed by atoms with E-state index in [2.05, 4.69) is 20.8 Å². The first kappa shape index (κ1) is 14.5. The Kier molecular flexibility index (Phi) is 8.44. The summed E-state index contributed by atoms with van der Waals surface area (Å²) in [5.41, 5.74) is 0. The summed E-state index contributed by atoms with van der Waals surface area (Å²) in [5.74, 6) is 1.39. The van der Waals surface area contributed by atoms with Gasteiger partial charge in [-0.2, -0.15) is 0 Å². The van der Waals surface area contributed by atoms with Gasteiger partial charge in [-0.3, -0.25) is 4.79 Å². The number of carbonyl (C=O) groups is 1. The van der Waals surface area contributed by atoms with E-state index in [1.54, 1.807) is 0 Å². The van der Waals surface area contributed by atoms with Crippen molar-refractivity contribution in [3.63, 3.8) is 0 Å². The molecule has 0 heterocycles. The SMILES string of the molecule is CCOC(=O)CC[C@@H](C)CCCC(C)C. The highest BCUT2D eigenvalue weighted by molar-refractivity contribution is 5.69. The molecule has 0 spiro atoms. The van der Waals surface area contributed by atoms with E-state index in [0.717, 1.165) is 12.3 Å². The average Bonchev–Trinajstić information content (AvgIpc) is 2.14. The van der Waals surface area contributed by atoms with Gasteiger partial charge in [0.25, 0.3) is 0 Å². The molecule has 0 radical (unpaired) electrons. The smallest absolute Gasteiger partial charge is 0.305 e. The van der Waals surface area contributed by atoms with Gasteiger partial charge in [0.05, 0.1) is 6.61 Å². The zero-order chi connectivity index (χ0) is 11.7. The number of carbonyl (C=O) groups excluding carboxylic acids is 1. The van der Waals surface area contributed by atoms with E-state index >= 15 is 0 Å². The molecular weight excluding hydrogens is 188 g/mol. The number of esters is 1. The van der Waals surface area contributed by atoms with Crippen LogP contribution in [0.15, 0.2) is 0 Å². The summed E-state index contributed by atoms with van der Waals surface area (Å²) in [7, 11) is 0. The van der Waals surface area contributed by atoms with Crippen LogP contribution in [-0.4, -0.2) is 12.6 Å². The number of rotatable bonds is 8. The summed E-state index contributed by atoms with van der Waals surface area (Å²) in [4.78, 5) is 11.1. The topological polar surface area (TPSA) is 26.3 Å². The van der Waals surface area contributed by atoms with Crippen LogP contribution in [0.3, 0.4) is 0 Å². The average molecular weight is 214 g/mol. The van der Waals surface area contributed by atoms with Gasteiger partial charge in [0.15, 0.2) is 0 Å². The molecule has 1 atom stereocenters. The first-order valence-corrected chi connectivity index (χ1v) is 6.21. The van der Waals surface area contributed by atoms with Crippen LogP contribution in [0.5, 0.6) is 0 Å². The van der Waals surface area contributed by atoms with Crippen LogP contribution in [0, 0.1) is 11.8 Å². The van der Waals surface area contributed by atoms with E-state index in [0.29, 0.717) is 18.9 Å². The van der Waals surface area contributed by atoms with Crippen molar-refractivity contribution >= 4 is 5.97 Å². The third-order valence-electron chi connectivity index (χ3n) is 2.62. The molecule has 0 rings (SSSR count). The van der Waals surface area contributed by atoms with E-state index in [4.69, 9.17) is 4.74 Å². The lowest BCUT2D eigenvalue weighted by molar-refractivity contribution is -0.143. The van der Waals surface area contributed by atoms with Crippen molar-refractivity contribution in [2.75, 3.05) is 6.61 Å². The fraction of sp³-hybridized carbons (Fsp3) is 0.923. The van der Waals surface area contributed by atoms with E-state index in [-0.39, 0.29) is 5.97 Å². The van der Waals surface area contributed by atoms with E-state index < -0.39 is 0 Å². The molecule has 0 aromatic rings. The lowest BCUT2D eigenvalue weighted by Gasteiger charge is -2.11. The minimum Gasteiger partial charge on any atom is -0.466 e. The van der Waals surface area contributed by atoms with Crippen molar-refractivity contribution in [2.45, 2.75) is 59.8 Å². The molecule has 0 saturated carbocycles. The zero-order valence-electron chi connectivity index (χ0n) is 10.7. The quantitative estimate of drug-likeness (QED) is 0.575. The summed E-state index contributed by atoms with van der Waals surface area (Å²) >= 11 is 0. The van der Waals surface area contributed by atoms with Crippen LogP contribution < -0.4 is 0 Å². The van der Waals surface area contributed by atoms with Crippen LogP contribution in [0.25, 0.3) is 0 Å². The molecule has 0 saturated heterocycles. The van der Waals surface area contributed by atoms with Gasteiger partial charge < -0.3 is 4.74 Å². The minimum atomic E-state index is -0.0480. The van der Waals surface area contributed by atoms with E-state index in [1.165, 1.54) is 19.3 Å². The Bertz CT molecular complexity index is 164. The molecule has 0 amide bonds. The highest BCUT2D eigenvalue weighted by atomic mass is 16.5. The summed E-state index contributed by atoms with van der Waals surface area (Å²) in [6.07, 6.45) is 5.36. The Morgan fingerprint density at radius 1 is 1.13 bits per heavy atom. The molecule has 2 heteroatoms. The fourth-order valence-corrected chi connectivity index (χ4v) is 1.62. The van der Waals surface area contributed by atoms with Crippen molar-refractivity contribution in [1.29, 1.82) is 0 Å². The van der Waals surface area contributed by atoms with Crippen molar-refractivity contribution in [3.05, 3.63) is 0 Å². The number of ether oxygens (including phenoxy) is 1. The monoisotopic (exact) mass is 214 g/mol.